The van der Waals surface area contributed by atoms with Crippen LogP contribution < -0.4 is 5.32 Å². The Balaban J connectivity index is 2.72. The van der Waals surface area contributed by atoms with Crippen LogP contribution in [-0.4, -0.2) is 19.6 Å². The Morgan fingerprint density at radius 1 is 1.35 bits per heavy atom. The summed E-state index contributed by atoms with van der Waals surface area (Å²) in [6, 6.07) is 9.10. The number of methoxy groups -OCH3 is 1. The highest BCUT2D eigenvalue weighted by Gasteiger charge is 2.20. The quantitative estimate of drug-likeness (QED) is 0.611. The van der Waals surface area contributed by atoms with E-state index in [0.717, 1.165) is 11.1 Å². The fourth-order valence-corrected chi connectivity index (χ4v) is 1.72. The molecule has 1 rings (SSSR count). The van der Waals surface area contributed by atoms with E-state index in [-0.39, 0.29) is 5.97 Å². The molecule has 0 aliphatic carbocycles. The second kappa shape index (κ2) is 8.88. The Hall–Kier alpha value is -2.13. The van der Waals surface area contributed by atoms with Crippen molar-refractivity contribution in [2.45, 2.75) is 13.0 Å². The molecule has 0 aliphatic rings. The minimum atomic E-state index is -0.451. The number of rotatable bonds is 7. The number of hydrogen-bond donors (Lipinski definition) is 1. The Kier molecular flexibility index (Phi) is 7.07. The van der Waals surface area contributed by atoms with Crippen LogP contribution in [0.1, 0.15) is 18.5 Å². The maximum atomic E-state index is 11.9. The summed E-state index contributed by atoms with van der Waals surface area (Å²) in [6.45, 7) is 6.22. The van der Waals surface area contributed by atoms with Crippen LogP contribution in [0.25, 0.3) is 0 Å². The van der Waals surface area contributed by atoms with Gasteiger partial charge in [-0.1, -0.05) is 66.8 Å². The van der Waals surface area contributed by atoms with Crippen molar-refractivity contribution >= 4 is 5.97 Å². The largest absolute Gasteiger partial charge is 0.468 e. The molecule has 0 aliphatic heterocycles. The van der Waals surface area contributed by atoms with Crippen LogP contribution in [0.15, 0.2) is 66.8 Å². The van der Waals surface area contributed by atoms with Crippen LogP contribution in [0.4, 0.5) is 0 Å². The second-order valence-electron chi connectivity index (χ2n) is 4.38. The zero-order valence-corrected chi connectivity index (χ0v) is 12.0. The van der Waals surface area contributed by atoms with Crippen LogP contribution >= 0.6 is 0 Å². The number of benzene rings is 1. The number of carbonyl (C=O) groups excluding carboxylic acids is 1. The highest BCUT2D eigenvalue weighted by atomic mass is 16.5. The van der Waals surface area contributed by atoms with Crippen molar-refractivity contribution in [1.82, 2.24) is 5.32 Å². The number of allylic oxidation sites excluding steroid dienone is 4. The molecular weight excluding hydrogens is 250 g/mol. The highest BCUT2D eigenvalue weighted by molar-refractivity contribution is 5.77. The van der Waals surface area contributed by atoms with E-state index < -0.39 is 6.04 Å². The normalized spacial score (nSPS) is 13.2. The molecule has 0 radical (unpaired) electrons. The molecule has 1 unspecified atom stereocenters. The first kappa shape index (κ1) is 15.9. The summed E-state index contributed by atoms with van der Waals surface area (Å²) in [7, 11) is 1.40. The molecular formula is C17H21NO2. The van der Waals surface area contributed by atoms with Gasteiger partial charge in [0.25, 0.3) is 0 Å². The fourth-order valence-electron chi connectivity index (χ4n) is 1.72. The predicted molar refractivity (Wildman–Crippen MR) is 82.3 cm³/mol. The van der Waals surface area contributed by atoms with Gasteiger partial charge in [0, 0.05) is 6.54 Å². The molecule has 0 spiro atoms. The lowest BCUT2D eigenvalue weighted by Gasteiger charge is -2.17. The molecule has 20 heavy (non-hydrogen) atoms. The molecule has 0 saturated heterocycles. The van der Waals surface area contributed by atoms with Gasteiger partial charge in [0.15, 0.2) is 0 Å². The van der Waals surface area contributed by atoms with Crippen molar-refractivity contribution in [3.8, 4) is 0 Å². The van der Waals surface area contributed by atoms with E-state index in [1.54, 1.807) is 6.08 Å². The number of nitrogens with one attached hydrogen (secondary N) is 1. The zero-order chi connectivity index (χ0) is 14.8. The van der Waals surface area contributed by atoms with E-state index in [0.29, 0.717) is 6.54 Å². The van der Waals surface area contributed by atoms with Gasteiger partial charge in [-0.05, 0) is 12.5 Å². The maximum Gasteiger partial charge on any atom is 0.327 e. The van der Waals surface area contributed by atoms with Crippen molar-refractivity contribution in [1.29, 1.82) is 0 Å². The summed E-state index contributed by atoms with van der Waals surface area (Å²) < 4.78 is 4.85. The first-order chi connectivity index (χ1) is 9.69. The van der Waals surface area contributed by atoms with Gasteiger partial charge < -0.3 is 4.74 Å². The van der Waals surface area contributed by atoms with Gasteiger partial charge >= 0.3 is 5.97 Å². The first-order valence-electron chi connectivity index (χ1n) is 6.50. The average Bonchev–Trinajstić information content (AvgIpc) is 2.48. The van der Waals surface area contributed by atoms with Crippen molar-refractivity contribution in [3.63, 3.8) is 0 Å². The summed E-state index contributed by atoms with van der Waals surface area (Å²) in [6.07, 6.45) is 7.48. The van der Waals surface area contributed by atoms with E-state index in [9.17, 15) is 4.79 Å². The summed E-state index contributed by atoms with van der Waals surface area (Å²) in [5.41, 5.74) is 2.02. The monoisotopic (exact) mass is 271 g/mol. The molecule has 3 heteroatoms. The van der Waals surface area contributed by atoms with Gasteiger partial charge in [0.1, 0.15) is 6.04 Å². The molecule has 0 aromatic heterocycles. The molecule has 1 aromatic carbocycles. The number of carbonyl (C=O) groups is 1. The van der Waals surface area contributed by atoms with Gasteiger partial charge in [0.2, 0.25) is 0 Å². The van der Waals surface area contributed by atoms with E-state index in [4.69, 9.17) is 4.74 Å². The van der Waals surface area contributed by atoms with E-state index in [1.165, 1.54) is 7.11 Å². The molecule has 0 bridgehead atoms. The smallest absolute Gasteiger partial charge is 0.327 e. The molecule has 0 saturated carbocycles. The number of ether oxygens (including phenoxy) is 1. The molecule has 0 amide bonds. The van der Waals surface area contributed by atoms with Crippen LogP contribution in [0.3, 0.4) is 0 Å². The third kappa shape index (κ3) is 5.24. The summed E-state index contributed by atoms with van der Waals surface area (Å²) >= 11 is 0. The average molecular weight is 271 g/mol. The summed E-state index contributed by atoms with van der Waals surface area (Å²) in [5.74, 6) is -0.286. The summed E-state index contributed by atoms with van der Waals surface area (Å²) in [4.78, 5) is 11.9. The van der Waals surface area contributed by atoms with Crippen molar-refractivity contribution in [2.24, 2.45) is 0 Å². The Labute approximate surface area is 120 Å². The van der Waals surface area contributed by atoms with Gasteiger partial charge in [-0.3, -0.25) is 5.32 Å². The molecule has 0 heterocycles. The minimum Gasteiger partial charge on any atom is -0.468 e. The van der Waals surface area contributed by atoms with Crippen LogP contribution in [0.5, 0.6) is 0 Å². The Bertz CT molecular complexity index is 489. The predicted octanol–water partition coefficient (Wildman–Crippen LogP) is 3.18. The molecule has 1 N–H and O–H groups in total. The fraction of sp³-hybridized carbons (Fsp3) is 0.235. The SMILES string of the molecule is C=C/C=C\C=C(/C)CNC(C(=O)OC)c1ccccc1. The zero-order valence-electron chi connectivity index (χ0n) is 12.0. The van der Waals surface area contributed by atoms with Crippen LogP contribution in [-0.2, 0) is 9.53 Å². The van der Waals surface area contributed by atoms with Gasteiger partial charge in [-0.2, -0.15) is 0 Å². The van der Waals surface area contributed by atoms with E-state index >= 15 is 0 Å². The molecule has 0 fully saturated rings. The molecule has 1 atom stereocenters. The lowest BCUT2D eigenvalue weighted by atomic mass is 10.1. The van der Waals surface area contributed by atoms with E-state index in [2.05, 4.69) is 11.9 Å². The van der Waals surface area contributed by atoms with Gasteiger partial charge in [-0.15, -0.1) is 0 Å². The Morgan fingerprint density at radius 3 is 2.65 bits per heavy atom. The van der Waals surface area contributed by atoms with Gasteiger partial charge in [-0.25, -0.2) is 4.79 Å². The third-order valence-electron chi connectivity index (χ3n) is 2.78. The minimum absolute atomic E-state index is 0.286. The number of hydrogen-bond acceptors (Lipinski definition) is 3. The van der Waals surface area contributed by atoms with Crippen LogP contribution in [0.2, 0.25) is 0 Å². The maximum absolute atomic E-state index is 11.9. The van der Waals surface area contributed by atoms with Crippen molar-refractivity contribution in [3.05, 3.63) is 72.4 Å². The van der Waals surface area contributed by atoms with Crippen molar-refractivity contribution < 1.29 is 9.53 Å². The molecule has 106 valence electrons. The second-order valence-corrected chi connectivity index (χ2v) is 4.38. The first-order valence-corrected chi connectivity index (χ1v) is 6.50. The lowest BCUT2D eigenvalue weighted by Crippen LogP contribution is -2.30. The number of esters is 1. The van der Waals surface area contributed by atoms with Gasteiger partial charge in [0.05, 0.1) is 7.11 Å². The highest BCUT2D eigenvalue weighted by Crippen LogP contribution is 2.14. The molecule has 1 aromatic rings. The lowest BCUT2D eigenvalue weighted by molar-refractivity contribution is -0.143. The van der Waals surface area contributed by atoms with Crippen molar-refractivity contribution in [2.75, 3.05) is 13.7 Å². The summed E-state index contributed by atoms with van der Waals surface area (Å²) in [5, 5.41) is 3.21. The third-order valence-corrected chi connectivity index (χ3v) is 2.78. The topological polar surface area (TPSA) is 38.3 Å². The van der Waals surface area contributed by atoms with E-state index in [1.807, 2.05) is 55.5 Å². The van der Waals surface area contributed by atoms with Crippen LogP contribution in [0, 0.1) is 0 Å². The Morgan fingerprint density at radius 2 is 2.05 bits per heavy atom. The molecule has 3 nitrogen and oxygen atoms in total. The standard InChI is InChI=1S/C17H21NO2/c1-4-5-7-10-14(2)13-18-16(17(19)20-3)15-11-8-6-9-12-15/h4-12,16,18H,1,13H2,2-3H3/b7-5-,14-10+.